The van der Waals surface area contributed by atoms with Crippen LogP contribution in [-0.4, -0.2) is 27.0 Å². The fourth-order valence-corrected chi connectivity index (χ4v) is 6.36. The highest BCUT2D eigenvalue weighted by Gasteiger charge is 2.32. The van der Waals surface area contributed by atoms with Gasteiger partial charge >= 0.3 is 5.97 Å². The van der Waals surface area contributed by atoms with Gasteiger partial charge in [-0.2, -0.15) is 21.0 Å². The second-order valence-corrected chi connectivity index (χ2v) is 14.9. The van der Waals surface area contributed by atoms with E-state index in [2.05, 4.69) is 33.5 Å². The van der Waals surface area contributed by atoms with Gasteiger partial charge in [0.1, 0.15) is 24.7 Å². The van der Waals surface area contributed by atoms with Crippen molar-refractivity contribution >= 4 is 23.3 Å². The summed E-state index contributed by atoms with van der Waals surface area (Å²) in [4.78, 5) is 33.6. The molecule has 2 heterocycles. The minimum atomic E-state index is -0.976. The first-order valence-electron chi connectivity index (χ1n) is 20.1. The number of benzene rings is 4. The number of carboxylic acids is 1. The maximum Gasteiger partial charge on any atom is 0.337 e. The number of nitrogens with two attached hydrogens (primary N) is 1. The Morgan fingerprint density at radius 2 is 1.06 bits per heavy atom. The van der Waals surface area contributed by atoms with Gasteiger partial charge in [0, 0.05) is 23.2 Å². The van der Waals surface area contributed by atoms with Gasteiger partial charge in [-0.25, -0.2) is 4.79 Å². The van der Waals surface area contributed by atoms with Crippen molar-refractivity contribution in [3.8, 4) is 35.8 Å². The number of nitriles is 4. The van der Waals surface area contributed by atoms with Crippen molar-refractivity contribution in [1.82, 2.24) is 9.97 Å². The first-order chi connectivity index (χ1) is 30.5. The second-order valence-electron chi connectivity index (χ2n) is 14.9. The zero-order valence-corrected chi connectivity index (χ0v) is 34.6. The first kappa shape index (κ1) is 44.0. The van der Waals surface area contributed by atoms with Gasteiger partial charge in [0.2, 0.25) is 0 Å². The molecule has 0 spiro atoms. The molecule has 8 rings (SSSR count). The Hall–Kier alpha value is -8.52. The van der Waals surface area contributed by atoms with E-state index in [9.17, 15) is 14.7 Å². The van der Waals surface area contributed by atoms with Crippen molar-refractivity contribution in [3.05, 3.63) is 176 Å². The molecule has 2 aliphatic rings. The van der Waals surface area contributed by atoms with Crippen molar-refractivity contribution < 1.29 is 24.2 Å². The summed E-state index contributed by atoms with van der Waals surface area (Å²) in [5.41, 5.74) is 14.3. The Kier molecular flexibility index (Phi) is 14.4. The predicted octanol–water partition coefficient (Wildman–Crippen LogP) is 9.40. The van der Waals surface area contributed by atoms with Crippen LogP contribution in [0.5, 0.6) is 11.5 Å². The van der Waals surface area contributed by atoms with Crippen LogP contribution in [0.25, 0.3) is 0 Å². The highest BCUT2D eigenvalue weighted by molar-refractivity contribution is 6.05. The molecule has 0 atom stereocenters. The van der Waals surface area contributed by atoms with E-state index >= 15 is 0 Å². The molecule has 63 heavy (non-hydrogen) atoms. The largest absolute Gasteiger partial charge is 0.487 e. The number of aromatic carboxylic acids is 1. The van der Waals surface area contributed by atoms with E-state index < -0.39 is 5.97 Å². The molecule has 2 aliphatic carbocycles. The Morgan fingerprint density at radius 1 is 0.635 bits per heavy atom. The zero-order chi connectivity index (χ0) is 44.9. The molecule has 2 saturated carbocycles. The topological polar surface area (TPSA) is 232 Å². The Balaban J connectivity index is 0.000000180. The van der Waals surface area contributed by atoms with Crippen molar-refractivity contribution in [2.75, 3.05) is 11.1 Å². The van der Waals surface area contributed by atoms with Gasteiger partial charge in [0.25, 0.3) is 5.91 Å². The number of pyridine rings is 2. The van der Waals surface area contributed by atoms with Crippen LogP contribution in [0.15, 0.2) is 109 Å². The number of anilines is 2. The lowest BCUT2D eigenvalue weighted by atomic mass is 10.1. The van der Waals surface area contributed by atoms with Crippen LogP contribution >= 0.6 is 0 Å². The number of ether oxygens (including phenoxy) is 2. The minimum absolute atomic E-state index is 0.221. The summed E-state index contributed by atoms with van der Waals surface area (Å²) >= 11 is 0. The third-order valence-corrected chi connectivity index (χ3v) is 10.0. The highest BCUT2D eigenvalue weighted by Crippen LogP contribution is 2.43. The highest BCUT2D eigenvalue weighted by atomic mass is 16.5. The number of amides is 1. The third-order valence-electron chi connectivity index (χ3n) is 10.0. The molecule has 13 nitrogen and oxygen atoms in total. The zero-order valence-electron chi connectivity index (χ0n) is 34.6. The Morgan fingerprint density at radius 3 is 1.49 bits per heavy atom. The van der Waals surface area contributed by atoms with Crippen LogP contribution in [-0.2, 0) is 13.2 Å². The molecule has 4 aromatic carbocycles. The third kappa shape index (κ3) is 12.3. The number of carbonyl (C=O) groups is 2. The van der Waals surface area contributed by atoms with E-state index in [1.165, 1.54) is 0 Å². The average Bonchev–Trinajstić information content (AvgIpc) is 4.25. The average molecular weight is 835 g/mol. The smallest absolute Gasteiger partial charge is 0.337 e. The molecular weight excluding hydrogens is 793 g/mol. The number of nitrogens with zero attached hydrogens (tertiary/aromatic N) is 6. The van der Waals surface area contributed by atoms with Crippen LogP contribution < -0.4 is 20.5 Å². The predicted molar refractivity (Wildman–Crippen MR) is 235 cm³/mol. The first-order valence-corrected chi connectivity index (χ1v) is 20.1. The van der Waals surface area contributed by atoms with E-state index in [0.29, 0.717) is 68.0 Å². The number of nitrogens with one attached hydrogen (secondary N) is 1. The van der Waals surface area contributed by atoms with Gasteiger partial charge in [0.15, 0.2) is 0 Å². The molecule has 2 aromatic heterocycles. The number of carbonyl (C=O) groups excluding carboxylic acids is 1. The molecule has 0 bridgehead atoms. The van der Waals surface area contributed by atoms with Gasteiger partial charge in [0.05, 0.1) is 80.4 Å². The fraction of sp³-hybridized carbons (Fsp3) is 0.200. The molecule has 0 radical (unpaired) electrons. The van der Waals surface area contributed by atoms with Crippen LogP contribution in [0.3, 0.4) is 0 Å². The van der Waals surface area contributed by atoms with Gasteiger partial charge in [-0.05, 0) is 136 Å². The molecule has 6 aromatic rings. The van der Waals surface area contributed by atoms with Crippen LogP contribution in [0, 0.1) is 59.2 Å². The van der Waals surface area contributed by atoms with Crippen LogP contribution in [0.4, 0.5) is 11.4 Å². The minimum Gasteiger partial charge on any atom is -0.487 e. The number of aryl methyl sites for hydroxylation is 2. The van der Waals surface area contributed by atoms with Gasteiger partial charge in [-0.15, -0.1) is 0 Å². The lowest BCUT2D eigenvalue weighted by Gasteiger charge is -2.15. The number of carboxylic acid groups (broad SMARTS) is 1. The number of hydrogen-bond acceptors (Lipinski definition) is 11. The van der Waals surface area contributed by atoms with E-state index in [1.807, 2.05) is 38.1 Å². The van der Waals surface area contributed by atoms with E-state index in [-0.39, 0.29) is 30.6 Å². The monoisotopic (exact) mass is 834 g/mol. The second kappa shape index (κ2) is 20.6. The number of hydrogen-bond donors (Lipinski definition) is 3. The maximum absolute atomic E-state index is 13.0. The summed E-state index contributed by atoms with van der Waals surface area (Å²) < 4.78 is 11.7. The van der Waals surface area contributed by atoms with Gasteiger partial charge in [-0.3, -0.25) is 14.8 Å². The fourth-order valence-electron chi connectivity index (χ4n) is 6.36. The summed E-state index contributed by atoms with van der Waals surface area (Å²) in [6.45, 7) is 4.23. The van der Waals surface area contributed by atoms with Crippen molar-refractivity contribution in [2.45, 2.75) is 64.6 Å². The molecular formula is C50H42N8O5. The summed E-state index contributed by atoms with van der Waals surface area (Å²) in [5.74, 6) is 0.333. The standard InChI is InChI=1S/C25H20N4O2.C18H16N2O3.C7H6N2/c1-16-23(31-15-19-4-2-3-18(11-19)14-27)12-22(24(28-16)20-7-8-20)25(30)29-21-9-5-17(13-26)6-10-21;1-11-16(23-10-13-4-2-3-12(7-13)9-19)8-15(18(21)22)17(20-11)14-5-6-14;8-5-6-1-3-7(9)4-2-6/h2-6,9-12,20H,7-8,15H2,1H3,(H,29,30);2-4,7-8,14H,5-6,10H2,1H3,(H,21,22);1-4H,9H2. The van der Waals surface area contributed by atoms with Crippen molar-refractivity contribution in [2.24, 2.45) is 0 Å². The molecule has 0 aliphatic heterocycles. The SMILES string of the molecule is Cc1nc(C2CC2)c(C(=O)Nc2ccc(C#N)cc2)cc1OCc1cccc(C#N)c1.Cc1nc(C2CC2)c(C(=O)O)cc1OCc1cccc(C#N)c1.N#Cc1ccc(N)cc1. The normalized spacial score (nSPS) is 12.2. The van der Waals surface area contributed by atoms with Crippen molar-refractivity contribution in [1.29, 1.82) is 21.0 Å². The van der Waals surface area contributed by atoms with E-state index in [0.717, 1.165) is 48.2 Å². The quantitative estimate of drug-likeness (QED) is 0.104. The summed E-state index contributed by atoms with van der Waals surface area (Å²) in [6, 6.07) is 39.5. The van der Waals surface area contributed by atoms with Gasteiger partial charge in [-0.1, -0.05) is 24.3 Å². The maximum atomic E-state index is 13.0. The Bertz CT molecular complexity index is 2810. The lowest BCUT2D eigenvalue weighted by molar-refractivity contribution is 0.0694. The number of aromatic nitrogens is 2. The molecule has 4 N–H and O–H groups in total. The summed E-state index contributed by atoms with van der Waals surface area (Å²) in [5, 5.41) is 47.5. The summed E-state index contributed by atoms with van der Waals surface area (Å²) in [7, 11) is 0. The molecule has 0 saturated heterocycles. The summed E-state index contributed by atoms with van der Waals surface area (Å²) in [6.07, 6.45) is 4.03. The lowest BCUT2D eigenvalue weighted by Crippen LogP contribution is -2.16. The van der Waals surface area contributed by atoms with Gasteiger partial charge < -0.3 is 25.6 Å². The Labute approximate surface area is 365 Å². The number of rotatable bonds is 11. The molecule has 1 amide bonds. The molecule has 312 valence electrons. The molecule has 0 unspecified atom stereocenters. The van der Waals surface area contributed by atoms with Crippen molar-refractivity contribution in [3.63, 3.8) is 0 Å². The van der Waals surface area contributed by atoms with Crippen LogP contribution in [0.1, 0.15) is 114 Å². The van der Waals surface area contributed by atoms with Crippen LogP contribution in [0.2, 0.25) is 0 Å². The molecule has 13 heteroatoms. The van der Waals surface area contributed by atoms with E-state index in [1.54, 1.807) is 91.0 Å². The van der Waals surface area contributed by atoms with E-state index in [4.69, 9.17) is 36.3 Å². The number of nitrogen functional groups attached to an aromatic ring is 1. The molecule has 2 fully saturated rings.